The second-order valence-corrected chi connectivity index (χ2v) is 14.4. The molecule has 0 saturated heterocycles. The lowest BCUT2D eigenvalue weighted by Crippen LogP contribution is -1.95. The fourth-order valence-corrected chi connectivity index (χ4v) is 9.46. The number of hydrogen-bond donors (Lipinski definition) is 0. The second kappa shape index (κ2) is 11.0. The average Bonchev–Trinajstić information content (AvgIpc) is 3.86. The Labute approximate surface area is 298 Å². The summed E-state index contributed by atoms with van der Waals surface area (Å²) in [6, 6.07) is 66.6. The van der Waals surface area contributed by atoms with Crippen LogP contribution in [-0.2, 0) is 0 Å². The Morgan fingerprint density at radius 3 is 1.80 bits per heavy atom. The molecular weight excluding hydrogens is 637 g/mol. The topological polar surface area (TPSA) is 9.86 Å². The molecule has 51 heavy (non-hydrogen) atoms. The molecule has 0 aliphatic heterocycles. The summed E-state index contributed by atoms with van der Waals surface area (Å²) in [6.45, 7) is 0. The maximum Gasteiger partial charge on any atom is 0.0555 e. The summed E-state index contributed by atoms with van der Waals surface area (Å²) in [7, 11) is 0. The zero-order valence-electron chi connectivity index (χ0n) is 27.6. The van der Waals surface area contributed by atoms with Crippen LogP contribution in [0.15, 0.2) is 182 Å². The average molecular weight is 667 g/mol. The zero-order valence-corrected chi connectivity index (χ0v) is 28.4. The molecule has 11 aromatic rings. The van der Waals surface area contributed by atoms with Crippen LogP contribution in [-0.4, -0.2) is 9.13 Å². The molecule has 3 aromatic heterocycles. The fraction of sp³-hybridized carbons (Fsp3) is 0. The monoisotopic (exact) mass is 666 g/mol. The van der Waals surface area contributed by atoms with Crippen molar-refractivity contribution in [2.24, 2.45) is 0 Å². The molecule has 0 atom stereocenters. The number of fused-ring (bicyclic) bond motifs is 10. The number of thiophene rings is 1. The first-order valence-electron chi connectivity index (χ1n) is 17.4. The van der Waals surface area contributed by atoms with Gasteiger partial charge in [-0.05, 0) is 82.9 Å². The van der Waals surface area contributed by atoms with E-state index >= 15 is 0 Å². The molecule has 8 aromatic carbocycles. The van der Waals surface area contributed by atoms with E-state index in [9.17, 15) is 0 Å². The van der Waals surface area contributed by atoms with Crippen molar-refractivity contribution in [2.45, 2.75) is 0 Å². The number of nitrogens with zero attached hydrogens (tertiary/aromatic N) is 2. The molecule has 0 bridgehead atoms. The highest BCUT2D eigenvalue weighted by Crippen LogP contribution is 2.44. The van der Waals surface area contributed by atoms with Gasteiger partial charge in [0.25, 0.3) is 0 Å². The molecule has 2 nitrogen and oxygen atoms in total. The van der Waals surface area contributed by atoms with Gasteiger partial charge in [0.05, 0.1) is 22.1 Å². The molecule has 0 amide bonds. The van der Waals surface area contributed by atoms with Crippen molar-refractivity contribution in [3.8, 4) is 33.6 Å². The number of hydrogen-bond acceptors (Lipinski definition) is 1. The van der Waals surface area contributed by atoms with E-state index in [1.165, 1.54) is 91.7 Å². The van der Waals surface area contributed by atoms with Crippen molar-refractivity contribution >= 4 is 75.1 Å². The Balaban J connectivity index is 1.15. The van der Waals surface area contributed by atoms with Gasteiger partial charge in [0.2, 0.25) is 0 Å². The van der Waals surface area contributed by atoms with Gasteiger partial charge < -0.3 is 9.13 Å². The molecule has 0 N–H and O–H groups in total. The van der Waals surface area contributed by atoms with E-state index in [1.807, 2.05) is 11.3 Å². The van der Waals surface area contributed by atoms with Crippen LogP contribution >= 0.6 is 11.3 Å². The van der Waals surface area contributed by atoms with Crippen molar-refractivity contribution in [1.29, 1.82) is 0 Å². The van der Waals surface area contributed by atoms with Crippen molar-refractivity contribution in [3.63, 3.8) is 0 Å². The molecule has 3 heterocycles. The lowest BCUT2D eigenvalue weighted by atomic mass is 10.0. The highest BCUT2D eigenvalue weighted by atomic mass is 32.1. The highest BCUT2D eigenvalue weighted by Gasteiger charge is 2.19. The molecule has 0 spiro atoms. The van der Waals surface area contributed by atoms with Gasteiger partial charge in [-0.3, -0.25) is 0 Å². The van der Waals surface area contributed by atoms with E-state index in [0.29, 0.717) is 0 Å². The van der Waals surface area contributed by atoms with Gasteiger partial charge in [-0.25, -0.2) is 0 Å². The number of benzene rings is 8. The fourth-order valence-electron chi connectivity index (χ4n) is 8.20. The minimum absolute atomic E-state index is 1.16. The van der Waals surface area contributed by atoms with Gasteiger partial charge >= 0.3 is 0 Å². The summed E-state index contributed by atoms with van der Waals surface area (Å²) < 4.78 is 7.53. The zero-order chi connectivity index (χ0) is 33.5. The summed E-state index contributed by atoms with van der Waals surface area (Å²) in [4.78, 5) is 0. The standard InChI is InChI=1S/C48H30N2S/c1-3-12-31(13-4-1)34-22-24-40-45(30-34)50(44-27-25-39-38-19-8-10-21-46(38)51-48(39)47(40)44)36-17-11-14-32(28-36)33-23-26-43-41(29-33)37-18-7-9-20-42(37)49(43)35-15-5-2-6-16-35/h1-30H. The minimum Gasteiger partial charge on any atom is -0.309 e. The third-order valence-electron chi connectivity index (χ3n) is 10.5. The molecular formula is C48H30N2S. The van der Waals surface area contributed by atoms with Crippen LogP contribution in [0.4, 0.5) is 0 Å². The van der Waals surface area contributed by atoms with Gasteiger partial charge in [0.15, 0.2) is 0 Å². The first-order valence-corrected chi connectivity index (χ1v) is 18.3. The van der Waals surface area contributed by atoms with Crippen LogP contribution in [0, 0.1) is 0 Å². The van der Waals surface area contributed by atoms with Crippen LogP contribution in [0.25, 0.3) is 97.4 Å². The highest BCUT2D eigenvalue weighted by molar-refractivity contribution is 7.26. The SMILES string of the molecule is c1ccc(-c2ccc3c4c5sc6ccccc6c5ccc4n(-c4cccc(-c5ccc6c(c5)c5ccccc5n6-c5ccccc5)c4)c3c2)cc1. The van der Waals surface area contributed by atoms with Crippen molar-refractivity contribution in [1.82, 2.24) is 9.13 Å². The first kappa shape index (κ1) is 28.4. The number of rotatable bonds is 4. The lowest BCUT2D eigenvalue weighted by molar-refractivity contribution is 1.18. The molecule has 0 saturated carbocycles. The van der Waals surface area contributed by atoms with Crippen LogP contribution < -0.4 is 0 Å². The van der Waals surface area contributed by atoms with Crippen LogP contribution in [0.2, 0.25) is 0 Å². The summed E-state index contributed by atoms with van der Waals surface area (Å²) in [6.07, 6.45) is 0. The maximum atomic E-state index is 2.48. The largest absolute Gasteiger partial charge is 0.309 e. The van der Waals surface area contributed by atoms with E-state index in [2.05, 4.69) is 191 Å². The molecule has 11 rings (SSSR count). The molecule has 3 heteroatoms. The van der Waals surface area contributed by atoms with Crippen molar-refractivity contribution in [3.05, 3.63) is 182 Å². The van der Waals surface area contributed by atoms with Crippen LogP contribution in [0.3, 0.4) is 0 Å². The second-order valence-electron chi connectivity index (χ2n) is 13.3. The Morgan fingerprint density at radius 2 is 0.922 bits per heavy atom. The van der Waals surface area contributed by atoms with Gasteiger partial charge in [0, 0.05) is 53.1 Å². The normalized spacial score (nSPS) is 11.9. The quantitative estimate of drug-likeness (QED) is 0.177. The Hall–Kier alpha value is -6.42. The van der Waals surface area contributed by atoms with Gasteiger partial charge in [-0.1, -0.05) is 121 Å². The third kappa shape index (κ3) is 4.29. The Bertz CT molecular complexity index is 3130. The predicted octanol–water partition coefficient (Wildman–Crippen LogP) is 13.6. The molecule has 0 fully saturated rings. The summed E-state index contributed by atoms with van der Waals surface area (Å²) in [5.41, 5.74) is 12.1. The molecule has 0 unspecified atom stereocenters. The summed E-state index contributed by atoms with van der Waals surface area (Å²) >= 11 is 1.90. The van der Waals surface area contributed by atoms with Gasteiger partial charge in [-0.15, -0.1) is 11.3 Å². The van der Waals surface area contributed by atoms with Crippen LogP contribution in [0.1, 0.15) is 0 Å². The van der Waals surface area contributed by atoms with Gasteiger partial charge in [-0.2, -0.15) is 0 Å². The minimum atomic E-state index is 1.16. The van der Waals surface area contributed by atoms with E-state index < -0.39 is 0 Å². The Morgan fingerprint density at radius 1 is 0.314 bits per heavy atom. The van der Waals surface area contributed by atoms with E-state index in [4.69, 9.17) is 0 Å². The molecule has 0 aliphatic carbocycles. The maximum absolute atomic E-state index is 2.48. The lowest BCUT2D eigenvalue weighted by Gasteiger charge is -2.12. The van der Waals surface area contributed by atoms with Gasteiger partial charge in [0.1, 0.15) is 0 Å². The van der Waals surface area contributed by atoms with E-state index in [1.54, 1.807) is 0 Å². The van der Waals surface area contributed by atoms with Crippen molar-refractivity contribution < 1.29 is 0 Å². The predicted molar refractivity (Wildman–Crippen MR) is 219 cm³/mol. The number of para-hydroxylation sites is 2. The van der Waals surface area contributed by atoms with E-state index in [0.717, 1.165) is 5.69 Å². The Kier molecular flexibility index (Phi) is 6.16. The molecule has 238 valence electrons. The third-order valence-corrected chi connectivity index (χ3v) is 11.7. The molecule has 0 aliphatic rings. The summed E-state index contributed by atoms with van der Waals surface area (Å²) in [5.74, 6) is 0. The molecule has 0 radical (unpaired) electrons. The van der Waals surface area contributed by atoms with Crippen molar-refractivity contribution in [2.75, 3.05) is 0 Å². The smallest absolute Gasteiger partial charge is 0.0555 e. The van der Waals surface area contributed by atoms with Crippen LogP contribution in [0.5, 0.6) is 0 Å². The number of aromatic nitrogens is 2. The summed E-state index contributed by atoms with van der Waals surface area (Å²) in [5, 5.41) is 7.77. The first-order chi connectivity index (χ1) is 25.3. The van der Waals surface area contributed by atoms with E-state index in [-0.39, 0.29) is 0 Å².